The van der Waals surface area contributed by atoms with Crippen molar-refractivity contribution >= 4 is 17.2 Å². The minimum atomic E-state index is -0.203. The summed E-state index contributed by atoms with van der Waals surface area (Å²) in [6.45, 7) is 6.56. The molecule has 2 aromatic rings. The zero-order valence-electron chi connectivity index (χ0n) is 15.3. The van der Waals surface area contributed by atoms with Gasteiger partial charge in [-0.25, -0.2) is 9.37 Å². The fraction of sp³-hybridized carbons (Fsp3) is 0.500. The summed E-state index contributed by atoms with van der Waals surface area (Å²) in [5, 5.41) is 6.15. The molecule has 26 heavy (non-hydrogen) atoms. The van der Waals surface area contributed by atoms with Crippen molar-refractivity contribution in [3.63, 3.8) is 0 Å². The van der Waals surface area contributed by atoms with E-state index in [1.807, 2.05) is 31.4 Å². The lowest BCUT2D eigenvalue weighted by Gasteiger charge is -2.37. The summed E-state index contributed by atoms with van der Waals surface area (Å²) in [6.07, 6.45) is 3.96. The van der Waals surface area contributed by atoms with Crippen molar-refractivity contribution in [3.05, 3.63) is 52.2 Å². The second-order valence-electron chi connectivity index (χ2n) is 7.28. The Morgan fingerprint density at radius 1 is 1.38 bits per heavy atom. The van der Waals surface area contributed by atoms with Crippen LogP contribution >= 0.6 is 11.3 Å². The first-order chi connectivity index (χ1) is 12.5. The van der Waals surface area contributed by atoms with Gasteiger partial charge in [-0.05, 0) is 43.0 Å². The van der Waals surface area contributed by atoms with Gasteiger partial charge in [0.05, 0.1) is 6.04 Å². The van der Waals surface area contributed by atoms with E-state index in [2.05, 4.69) is 15.2 Å². The van der Waals surface area contributed by atoms with Crippen molar-refractivity contribution in [2.24, 2.45) is 11.8 Å². The molecule has 1 saturated heterocycles. The number of nitrogens with zero attached hydrogens (tertiary/aromatic N) is 2. The maximum atomic E-state index is 13.1. The second-order valence-corrected chi connectivity index (χ2v) is 8.20. The molecule has 1 N–H and O–H groups in total. The number of aromatic nitrogens is 1. The van der Waals surface area contributed by atoms with Gasteiger partial charge in [-0.1, -0.05) is 26.0 Å². The molecule has 0 radical (unpaired) electrons. The Hall–Kier alpha value is -1.79. The Morgan fingerprint density at radius 3 is 2.81 bits per heavy atom. The number of rotatable bonds is 6. The number of halogens is 1. The maximum absolute atomic E-state index is 13.1. The summed E-state index contributed by atoms with van der Waals surface area (Å²) in [7, 11) is 0. The van der Waals surface area contributed by atoms with Crippen LogP contribution in [0.25, 0.3) is 0 Å². The first-order valence-corrected chi connectivity index (χ1v) is 10.1. The first kappa shape index (κ1) is 19.0. The highest BCUT2D eigenvalue weighted by molar-refractivity contribution is 7.09. The molecule has 0 bridgehead atoms. The van der Waals surface area contributed by atoms with Gasteiger partial charge in [0.25, 0.3) is 0 Å². The summed E-state index contributed by atoms with van der Waals surface area (Å²) in [5.41, 5.74) is 1.11. The van der Waals surface area contributed by atoms with Crippen molar-refractivity contribution in [2.45, 2.75) is 39.3 Å². The van der Waals surface area contributed by atoms with Crippen molar-refractivity contribution < 1.29 is 9.18 Å². The molecular weight excluding hydrogens is 349 g/mol. The number of carbonyl (C=O) groups excluding carboxylic acids is 1. The number of amides is 1. The smallest absolute Gasteiger partial charge is 0.223 e. The molecule has 6 heteroatoms. The Labute approximate surface area is 158 Å². The van der Waals surface area contributed by atoms with E-state index >= 15 is 0 Å². The molecule has 0 saturated carbocycles. The van der Waals surface area contributed by atoms with Gasteiger partial charge < -0.3 is 5.32 Å². The summed E-state index contributed by atoms with van der Waals surface area (Å²) in [5.74, 6) is 0.153. The molecule has 1 aliphatic heterocycles. The molecule has 1 aromatic heterocycles. The number of hydrogen-bond donors (Lipinski definition) is 1. The van der Waals surface area contributed by atoms with Crippen LogP contribution in [0.3, 0.4) is 0 Å². The minimum absolute atomic E-state index is 0.0408. The Balaban J connectivity index is 1.70. The van der Waals surface area contributed by atoms with Crippen molar-refractivity contribution in [1.82, 2.24) is 15.2 Å². The van der Waals surface area contributed by atoms with Gasteiger partial charge in [0.2, 0.25) is 5.91 Å². The highest BCUT2D eigenvalue weighted by Crippen LogP contribution is 2.31. The number of piperidine rings is 1. The van der Waals surface area contributed by atoms with Crippen LogP contribution in [0, 0.1) is 17.7 Å². The number of nitrogens with one attached hydrogen (secondary N) is 1. The van der Waals surface area contributed by atoms with Gasteiger partial charge in [-0.15, -0.1) is 11.3 Å². The van der Waals surface area contributed by atoms with Gasteiger partial charge in [0.1, 0.15) is 10.8 Å². The molecule has 140 valence electrons. The number of hydrogen-bond acceptors (Lipinski definition) is 4. The molecule has 1 amide bonds. The summed E-state index contributed by atoms with van der Waals surface area (Å²) >= 11 is 1.60. The van der Waals surface area contributed by atoms with Crippen LogP contribution in [-0.2, 0) is 11.3 Å². The quantitative estimate of drug-likeness (QED) is 0.830. The predicted octanol–water partition coefficient (Wildman–Crippen LogP) is 4.01. The normalized spacial score (nSPS) is 19.5. The van der Waals surface area contributed by atoms with E-state index in [4.69, 9.17) is 0 Å². The largest absolute Gasteiger partial charge is 0.346 e. The van der Waals surface area contributed by atoms with Crippen molar-refractivity contribution in [3.8, 4) is 0 Å². The summed E-state index contributed by atoms with van der Waals surface area (Å²) < 4.78 is 13.1. The Morgan fingerprint density at radius 2 is 2.15 bits per heavy atom. The third-order valence-corrected chi connectivity index (χ3v) is 5.73. The molecule has 3 rings (SSSR count). The first-order valence-electron chi connectivity index (χ1n) is 9.19. The molecule has 0 spiro atoms. The molecule has 0 aliphatic carbocycles. The lowest BCUT2D eigenvalue weighted by Crippen LogP contribution is -2.43. The maximum Gasteiger partial charge on any atom is 0.223 e. The third kappa shape index (κ3) is 4.89. The van der Waals surface area contributed by atoms with E-state index in [9.17, 15) is 9.18 Å². The topological polar surface area (TPSA) is 45.2 Å². The lowest BCUT2D eigenvalue weighted by molar-refractivity contribution is -0.125. The number of likely N-dealkylation sites (tertiary alicyclic amines) is 1. The molecule has 1 aromatic carbocycles. The third-order valence-electron chi connectivity index (χ3n) is 4.87. The van der Waals surface area contributed by atoms with E-state index in [-0.39, 0.29) is 23.7 Å². The molecule has 2 heterocycles. The van der Waals surface area contributed by atoms with Crippen LogP contribution in [0.4, 0.5) is 4.39 Å². The van der Waals surface area contributed by atoms with Gasteiger partial charge in [0.15, 0.2) is 0 Å². The highest BCUT2D eigenvalue weighted by Gasteiger charge is 2.31. The van der Waals surface area contributed by atoms with Crippen LogP contribution in [0.15, 0.2) is 35.8 Å². The van der Waals surface area contributed by atoms with Crippen molar-refractivity contribution in [2.75, 3.05) is 13.1 Å². The van der Waals surface area contributed by atoms with Gasteiger partial charge in [-0.3, -0.25) is 9.69 Å². The Bertz CT molecular complexity index is 702. The summed E-state index contributed by atoms with van der Waals surface area (Å²) in [6, 6.07) is 6.67. The molecule has 2 atom stereocenters. The summed E-state index contributed by atoms with van der Waals surface area (Å²) in [4.78, 5) is 19.2. The molecule has 0 unspecified atom stereocenters. The fourth-order valence-corrected chi connectivity index (χ4v) is 4.23. The minimum Gasteiger partial charge on any atom is -0.346 e. The molecule has 4 nitrogen and oxygen atoms in total. The molecule has 1 fully saturated rings. The lowest BCUT2D eigenvalue weighted by atomic mass is 9.90. The van der Waals surface area contributed by atoms with E-state index < -0.39 is 0 Å². The van der Waals surface area contributed by atoms with Gasteiger partial charge in [-0.2, -0.15) is 0 Å². The fourth-order valence-electron chi connectivity index (χ4n) is 3.44. The highest BCUT2D eigenvalue weighted by atomic mass is 32.1. The molecular formula is C20H26FN3OS. The average Bonchev–Trinajstić information content (AvgIpc) is 3.16. The number of thiazole rings is 1. The number of carbonyl (C=O) groups is 1. The second kappa shape index (κ2) is 8.73. The van der Waals surface area contributed by atoms with Crippen LogP contribution in [0.5, 0.6) is 0 Å². The average molecular weight is 376 g/mol. The SMILES string of the molecule is CC(C)C(=O)N[C@@H](c1nccs1)[C@H]1CCCN(Cc2ccc(F)cc2)C1. The van der Waals surface area contributed by atoms with E-state index in [0.717, 1.165) is 43.0 Å². The van der Waals surface area contributed by atoms with E-state index in [0.29, 0.717) is 5.92 Å². The van der Waals surface area contributed by atoms with Crippen LogP contribution < -0.4 is 5.32 Å². The zero-order chi connectivity index (χ0) is 18.5. The predicted molar refractivity (Wildman–Crippen MR) is 102 cm³/mol. The van der Waals surface area contributed by atoms with Crippen molar-refractivity contribution in [1.29, 1.82) is 0 Å². The Kier molecular flexibility index (Phi) is 6.38. The van der Waals surface area contributed by atoms with Gasteiger partial charge >= 0.3 is 0 Å². The van der Waals surface area contributed by atoms with Gasteiger partial charge in [0, 0.05) is 30.6 Å². The van der Waals surface area contributed by atoms with Crippen LogP contribution in [0.2, 0.25) is 0 Å². The van der Waals surface area contributed by atoms with Crippen LogP contribution in [-0.4, -0.2) is 28.9 Å². The number of benzene rings is 1. The van der Waals surface area contributed by atoms with E-state index in [1.54, 1.807) is 17.5 Å². The molecule has 1 aliphatic rings. The van der Waals surface area contributed by atoms with Crippen LogP contribution in [0.1, 0.15) is 43.3 Å². The van der Waals surface area contributed by atoms with E-state index in [1.165, 1.54) is 12.1 Å². The zero-order valence-corrected chi connectivity index (χ0v) is 16.1. The standard InChI is InChI=1S/C20H26FN3OS/c1-14(2)19(25)23-18(20-22-9-11-26-20)16-4-3-10-24(13-16)12-15-5-7-17(21)8-6-15/h5-9,11,14,16,18H,3-4,10,12-13H2,1-2H3,(H,23,25)/t16-,18+/m0/s1. The monoisotopic (exact) mass is 375 g/mol.